The third-order valence-electron chi connectivity index (χ3n) is 2.62. The molecule has 6 heteroatoms. The Morgan fingerprint density at radius 2 is 1.70 bits per heavy atom. The first-order valence-corrected chi connectivity index (χ1v) is 5.71. The first-order valence-electron chi connectivity index (χ1n) is 5.71. The van der Waals surface area contributed by atoms with Crippen LogP contribution in [-0.4, -0.2) is 16.2 Å². The second kappa shape index (κ2) is 5.48. The second-order valence-corrected chi connectivity index (χ2v) is 4.14. The number of nitrogens with zero attached hydrogens (tertiary/aromatic N) is 2. The van der Waals surface area contributed by atoms with Gasteiger partial charge in [0, 0.05) is 0 Å². The van der Waals surface area contributed by atoms with Crippen molar-refractivity contribution in [1.29, 1.82) is 0 Å². The Kier molecular flexibility index (Phi) is 3.74. The smallest absolute Gasteiger partial charge is 0.339 e. The van der Waals surface area contributed by atoms with E-state index in [9.17, 15) is 14.3 Å². The highest BCUT2D eigenvalue weighted by molar-refractivity contribution is 5.92. The number of rotatable bonds is 3. The number of carboxylic acid groups (broad SMARTS) is 1. The number of azo groups is 1. The number of aryl methyl sites for hydroxylation is 1. The van der Waals surface area contributed by atoms with Crippen LogP contribution in [0.3, 0.4) is 0 Å². The standard InChI is InChI=1S/C14H11FN2O3/c1-8-6-11(7-12(13(8)18)14(19)20)17-16-10-4-2-9(15)3-5-10/h2-7,18H,1H3,(H,19,20). The maximum absolute atomic E-state index is 12.7. The van der Waals surface area contributed by atoms with Gasteiger partial charge in [0.15, 0.2) is 0 Å². The zero-order valence-corrected chi connectivity index (χ0v) is 10.5. The fourth-order valence-electron chi connectivity index (χ4n) is 1.60. The lowest BCUT2D eigenvalue weighted by molar-refractivity contribution is 0.0693. The summed E-state index contributed by atoms with van der Waals surface area (Å²) in [5.74, 6) is -1.92. The molecular formula is C14H11FN2O3. The minimum atomic E-state index is -1.25. The predicted octanol–water partition coefficient (Wildman–Crippen LogP) is 3.95. The average molecular weight is 274 g/mol. The average Bonchev–Trinajstić information content (AvgIpc) is 2.41. The summed E-state index contributed by atoms with van der Waals surface area (Å²) in [4.78, 5) is 11.0. The number of benzene rings is 2. The molecule has 2 aromatic rings. The van der Waals surface area contributed by atoms with Crippen LogP contribution in [0.4, 0.5) is 15.8 Å². The van der Waals surface area contributed by atoms with Crippen molar-refractivity contribution in [3.8, 4) is 5.75 Å². The number of hydrogen-bond donors (Lipinski definition) is 2. The molecule has 0 saturated heterocycles. The lowest BCUT2D eigenvalue weighted by Crippen LogP contribution is -1.97. The van der Waals surface area contributed by atoms with E-state index in [1.165, 1.54) is 36.4 Å². The lowest BCUT2D eigenvalue weighted by atomic mass is 10.1. The molecule has 0 saturated carbocycles. The maximum atomic E-state index is 12.7. The summed E-state index contributed by atoms with van der Waals surface area (Å²) >= 11 is 0. The van der Waals surface area contributed by atoms with Gasteiger partial charge in [-0.25, -0.2) is 9.18 Å². The zero-order chi connectivity index (χ0) is 14.7. The minimum absolute atomic E-state index is 0.238. The van der Waals surface area contributed by atoms with E-state index < -0.39 is 5.97 Å². The number of aromatic hydroxyl groups is 1. The molecule has 0 spiro atoms. The molecule has 0 unspecified atom stereocenters. The molecule has 5 nitrogen and oxygen atoms in total. The van der Waals surface area contributed by atoms with Crippen molar-refractivity contribution >= 4 is 17.3 Å². The van der Waals surface area contributed by atoms with E-state index in [1.54, 1.807) is 6.92 Å². The number of carbonyl (C=O) groups is 1. The maximum Gasteiger partial charge on any atom is 0.339 e. The number of hydrogen-bond acceptors (Lipinski definition) is 4. The first kappa shape index (κ1) is 13.7. The Morgan fingerprint density at radius 3 is 2.30 bits per heavy atom. The van der Waals surface area contributed by atoms with Crippen LogP contribution in [0.1, 0.15) is 15.9 Å². The van der Waals surface area contributed by atoms with Gasteiger partial charge in [0.25, 0.3) is 0 Å². The van der Waals surface area contributed by atoms with Crippen molar-refractivity contribution in [2.45, 2.75) is 6.92 Å². The highest BCUT2D eigenvalue weighted by atomic mass is 19.1. The van der Waals surface area contributed by atoms with Crippen LogP contribution in [0.2, 0.25) is 0 Å². The quantitative estimate of drug-likeness (QED) is 0.831. The highest BCUT2D eigenvalue weighted by Crippen LogP contribution is 2.29. The van der Waals surface area contributed by atoms with Crippen LogP contribution in [0.25, 0.3) is 0 Å². The number of halogens is 1. The molecule has 2 aromatic carbocycles. The number of carboxylic acids is 1. The minimum Gasteiger partial charge on any atom is -0.507 e. The van der Waals surface area contributed by atoms with Crippen LogP contribution in [0.15, 0.2) is 46.6 Å². The summed E-state index contributed by atoms with van der Waals surface area (Å²) < 4.78 is 12.7. The van der Waals surface area contributed by atoms with Gasteiger partial charge in [-0.15, -0.1) is 0 Å². The number of phenols is 1. The predicted molar refractivity (Wildman–Crippen MR) is 70.4 cm³/mol. The molecular weight excluding hydrogens is 263 g/mol. The van der Waals surface area contributed by atoms with Crippen molar-refractivity contribution in [2.24, 2.45) is 10.2 Å². The van der Waals surface area contributed by atoms with Crippen LogP contribution >= 0.6 is 0 Å². The Balaban J connectivity index is 2.34. The highest BCUT2D eigenvalue weighted by Gasteiger charge is 2.13. The zero-order valence-electron chi connectivity index (χ0n) is 10.5. The van der Waals surface area contributed by atoms with Crippen LogP contribution in [-0.2, 0) is 0 Å². The fourth-order valence-corrected chi connectivity index (χ4v) is 1.60. The normalized spacial score (nSPS) is 10.9. The van der Waals surface area contributed by atoms with Crippen molar-refractivity contribution in [3.63, 3.8) is 0 Å². The van der Waals surface area contributed by atoms with Gasteiger partial charge >= 0.3 is 5.97 Å². The summed E-state index contributed by atoms with van der Waals surface area (Å²) in [6.45, 7) is 1.57. The summed E-state index contributed by atoms with van der Waals surface area (Å²) in [6.07, 6.45) is 0. The molecule has 0 heterocycles. The third-order valence-corrected chi connectivity index (χ3v) is 2.62. The Hall–Kier alpha value is -2.76. The summed E-state index contributed by atoms with van der Waals surface area (Å²) in [7, 11) is 0. The molecule has 102 valence electrons. The van der Waals surface area contributed by atoms with E-state index in [0.717, 1.165) is 0 Å². The van der Waals surface area contributed by atoms with E-state index in [-0.39, 0.29) is 17.1 Å². The largest absolute Gasteiger partial charge is 0.507 e. The Morgan fingerprint density at radius 1 is 1.10 bits per heavy atom. The monoisotopic (exact) mass is 274 g/mol. The van der Waals surface area contributed by atoms with Gasteiger partial charge in [0.2, 0.25) is 0 Å². The summed E-state index contributed by atoms with van der Waals surface area (Å²) in [5.41, 5.74) is 0.882. The molecule has 0 atom stereocenters. The summed E-state index contributed by atoms with van der Waals surface area (Å²) in [5, 5.41) is 26.3. The van der Waals surface area contributed by atoms with Gasteiger partial charge in [-0.2, -0.15) is 10.2 Å². The van der Waals surface area contributed by atoms with Crippen LogP contribution in [0, 0.1) is 12.7 Å². The molecule has 0 aromatic heterocycles. The van der Waals surface area contributed by atoms with Gasteiger partial charge in [0.05, 0.1) is 11.4 Å². The molecule has 2 rings (SSSR count). The van der Waals surface area contributed by atoms with Gasteiger partial charge in [0.1, 0.15) is 17.1 Å². The van der Waals surface area contributed by atoms with Crippen LogP contribution in [0.5, 0.6) is 5.75 Å². The lowest BCUT2D eigenvalue weighted by Gasteiger charge is -2.04. The van der Waals surface area contributed by atoms with Crippen molar-refractivity contribution in [3.05, 3.63) is 53.3 Å². The third kappa shape index (κ3) is 2.97. The van der Waals surface area contributed by atoms with Crippen molar-refractivity contribution < 1.29 is 19.4 Å². The van der Waals surface area contributed by atoms with Crippen molar-refractivity contribution in [1.82, 2.24) is 0 Å². The van der Waals surface area contributed by atoms with Crippen molar-refractivity contribution in [2.75, 3.05) is 0 Å². The molecule has 0 radical (unpaired) electrons. The molecule has 0 aliphatic heterocycles. The molecule has 0 aliphatic rings. The first-order chi connectivity index (χ1) is 9.47. The molecule has 0 aliphatic carbocycles. The van der Waals surface area contributed by atoms with E-state index >= 15 is 0 Å². The molecule has 20 heavy (non-hydrogen) atoms. The topological polar surface area (TPSA) is 82.2 Å². The van der Waals surface area contributed by atoms with Gasteiger partial charge in [-0.3, -0.25) is 0 Å². The number of aromatic carboxylic acids is 1. The molecule has 0 bridgehead atoms. The summed E-state index contributed by atoms with van der Waals surface area (Å²) in [6, 6.07) is 8.12. The van der Waals surface area contributed by atoms with E-state index in [1.807, 2.05) is 0 Å². The Labute approximate surface area is 114 Å². The van der Waals surface area contributed by atoms with Crippen LogP contribution < -0.4 is 0 Å². The van der Waals surface area contributed by atoms with E-state index in [0.29, 0.717) is 16.9 Å². The molecule has 2 N–H and O–H groups in total. The Bertz CT molecular complexity index is 682. The SMILES string of the molecule is Cc1cc(N=Nc2ccc(F)cc2)cc(C(=O)O)c1O. The molecule has 0 amide bonds. The van der Waals surface area contributed by atoms with Gasteiger partial charge < -0.3 is 10.2 Å². The van der Waals surface area contributed by atoms with E-state index in [4.69, 9.17) is 5.11 Å². The molecule has 0 fully saturated rings. The second-order valence-electron chi connectivity index (χ2n) is 4.14. The van der Waals surface area contributed by atoms with Gasteiger partial charge in [-0.1, -0.05) is 0 Å². The fraction of sp³-hybridized carbons (Fsp3) is 0.0714. The van der Waals surface area contributed by atoms with Gasteiger partial charge in [-0.05, 0) is 48.9 Å². The van der Waals surface area contributed by atoms with E-state index in [2.05, 4.69) is 10.2 Å².